The molecule has 1 aromatic heterocycles. The highest BCUT2D eigenvalue weighted by Gasteiger charge is 2.44. The first-order chi connectivity index (χ1) is 7.36. The van der Waals surface area contributed by atoms with Crippen LogP contribution in [0.2, 0.25) is 0 Å². The third-order valence-electron chi connectivity index (χ3n) is 4.46. The minimum Gasteiger partial charge on any atom is -0.314 e. The topological polar surface area (TPSA) is 12.0 Å². The number of rotatable bonds is 2. The van der Waals surface area contributed by atoms with Crippen molar-refractivity contribution in [3.8, 4) is 0 Å². The first-order valence-corrected chi connectivity index (χ1v) is 6.99. The highest BCUT2D eigenvalue weighted by atomic mass is 32.1. The quantitative estimate of drug-likeness (QED) is 0.808. The molecule has 0 aliphatic heterocycles. The number of nitrogens with one attached hydrogen (secondary N) is 1. The van der Waals surface area contributed by atoms with Crippen LogP contribution in [0.15, 0.2) is 11.4 Å². The van der Waals surface area contributed by atoms with Crippen LogP contribution in [0.3, 0.4) is 0 Å². The number of thiophene rings is 1. The predicted octanol–water partition coefficient (Wildman–Crippen LogP) is 3.31. The van der Waals surface area contributed by atoms with Crippen molar-refractivity contribution in [3.63, 3.8) is 0 Å². The maximum atomic E-state index is 3.62. The first-order valence-electron chi connectivity index (χ1n) is 6.11. The fourth-order valence-corrected chi connectivity index (χ4v) is 4.38. The number of fused-ring (bicyclic) bond motifs is 1. The van der Waals surface area contributed by atoms with Crippen molar-refractivity contribution in [1.82, 2.24) is 5.32 Å². The molecule has 1 aromatic rings. The Hall–Kier alpha value is -0.340. The van der Waals surface area contributed by atoms with Crippen LogP contribution < -0.4 is 5.32 Å². The van der Waals surface area contributed by atoms with Crippen LogP contribution in [0, 0.1) is 0 Å². The fourth-order valence-electron chi connectivity index (χ4n) is 3.39. The molecule has 0 amide bonds. The van der Waals surface area contributed by atoms with Crippen molar-refractivity contribution in [2.75, 3.05) is 7.05 Å². The Bertz CT molecular complexity index is 346. The Balaban J connectivity index is 1.95. The minimum absolute atomic E-state index is 0.455. The molecule has 1 fully saturated rings. The van der Waals surface area contributed by atoms with Gasteiger partial charge in [0.1, 0.15) is 0 Å². The van der Waals surface area contributed by atoms with E-state index in [1.807, 2.05) is 11.3 Å². The molecule has 0 saturated heterocycles. The Labute approximate surface area is 95.9 Å². The minimum atomic E-state index is 0.455. The van der Waals surface area contributed by atoms with Crippen molar-refractivity contribution >= 4 is 11.3 Å². The molecule has 15 heavy (non-hydrogen) atoms. The summed E-state index contributed by atoms with van der Waals surface area (Å²) in [6.45, 7) is 0. The average Bonchev–Trinajstić information content (AvgIpc) is 2.65. The van der Waals surface area contributed by atoms with Crippen molar-refractivity contribution in [2.24, 2.45) is 0 Å². The highest BCUT2D eigenvalue weighted by molar-refractivity contribution is 7.10. The molecule has 1 N–H and O–H groups in total. The molecular weight excluding hydrogens is 202 g/mol. The van der Waals surface area contributed by atoms with Gasteiger partial charge >= 0.3 is 0 Å². The lowest BCUT2D eigenvalue weighted by atomic mass is 9.63. The molecule has 1 saturated carbocycles. The summed E-state index contributed by atoms with van der Waals surface area (Å²) in [7, 11) is 2.15. The summed E-state index contributed by atoms with van der Waals surface area (Å²) in [4.78, 5) is 1.66. The summed E-state index contributed by atoms with van der Waals surface area (Å²) in [6.07, 6.45) is 8.28. The average molecular weight is 221 g/mol. The van der Waals surface area contributed by atoms with E-state index in [1.54, 1.807) is 10.4 Å². The van der Waals surface area contributed by atoms with E-state index in [2.05, 4.69) is 23.8 Å². The maximum Gasteiger partial charge on any atom is 0.0247 e. The summed E-state index contributed by atoms with van der Waals surface area (Å²) >= 11 is 1.96. The zero-order valence-electron chi connectivity index (χ0n) is 9.38. The first kappa shape index (κ1) is 9.86. The standard InChI is InChI=1S/C13H19NS/c1-14-13(7-3-8-13)11-4-2-5-12-10(11)6-9-15-12/h6,9,11,14H,2-5,7-8H2,1H3. The van der Waals surface area contributed by atoms with Crippen LogP contribution in [0.5, 0.6) is 0 Å². The van der Waals surface area contributed by atoms with E-state index in [1.165, 1.54) is 38.5 Å². The van der Waals surface area contributed by atoms with Crippen molar-refractivity contribution in [1.29, 1.82) is 0 Å². The molecule has 2 aliphatic carbocycles. The Morgan fingerprint density at radius 1 is 1.40 bits per heavy atom. The molecular formula is C13H19NS. The van der Waals surface area contributed by atoms with Gasteiger partial charge in [0.2, 0.25) is 0 Å². The van der Waals surface area contributed by atoms with Gasteiger partial charge in [-0.15, -0.1) is 11.3 Å². The number of aryl methyl sites for hydroxylation is 1. The van der Waals surface area contributed by atoms with Crippen LogP contribution in [0.4, 0.5) is 0 Å². The summed E-state index contributed by atoms with van der Waals surface area (Å²) in [5.74, 6) is 0.797. The van der Waals surface area contributed by atoms with Gasteiger partial charge in [0.25, 0.3) is 0 Å². The molecule has 1 nitrogen and oxygen atoms in total. The van der Waals surface area contributed by atoms with Gasteiger partial charge in [-0.3, -0.25) is 0 Å². The highest BCUT2D eigenvalue weighted by Crippen LogP contribution is 2.49. The smallest absolute Gasteiger partial charge is 0.0247 e. The van der Waals surface area contributed by atoms with E-state index in [0.29, 0.717) is 5.54 Å². The summed E-state index contributed by atoms with van der Waals surface area (Å²) < 4.78 is 0. The van der Waals surface area contributed by atoms with Crippen molar-refractivity contribution in [3.05, 3.63) is 21.9 Å². The largest absolute Gasteiger partial charge is 0.314 e. The molecule has 0 spiro atoms. The van der Waals surface area contributed by atoms with Gasteiger partial charge in [-0.25, -0.2) is 0 Å². The second-order valence-electron chi connectivity index (χ2n) is 5.00. The fraction of sp³-hybridized carbons (Fsp3) is 0.692. The summed E-state index contributed by atoms with van der Waals surface area (Å²) in [5, 5.41) is 5.90. The molecule has 3 rings (SSSR count). The SMILES string of the molecule is CNC1(C2CCCc3sccc32)CCC1. The molecule has 0 aromatic carbocycles. The number of hydrogen-bond acceptors (Lipinski definition) is 2. The van der Waals surface area contributed by atoms with Crippen molar-refractivity contribution in [2.45, 2.75) is 50.0 Å². The van der Waals surface area contributed by atoms with E-state index < -0.39 is 0 Å². The lowest BCUT2D eigenvalue weighted by molar-refractivity contribution is 0.145. The summed E-state index contributed by atoms with van der Waals surface area (Å²) in [6, 6.07) is 2.38. The Kier molecular flexibility index (Phi) is 2.37. The van der Waals surface area contributed by atoms with Gasteiger partial charge < -0.3 is 5.32 Å². The van der Waals surface area contributed by atoms with E-state index in [0.717, 1.165) is 5.92 Å². The zero-order chi connectivity index (χ0) is 10.3. The van der Waals surface area contributed by atoms with Gasteiger partial charge in [0, 0.05) is 16.3 Å². The van der Waals surface area contributed by atoms with Gasteiger partial charge in [-0.05, 0) is 62.6 Å². The zero-order valence-corrected chi connectivity index (χ0v) is 10.2. The second-order valence-corrected chi connectivity index (χ2v) is 6.00. The summed E-state index contributed by atoms with van der Waals surface area (Å²) in [5.41, 5.74) is 2.12. The van der Waals surface area contributed by atoms with E-state index in [4.69, 9.17) is 0 Å². The van der Waals surface area contributed by atoms with Gasteiger partial charge in [-0.1, -0.05) is 0 Å². The van der Waals surface area contributed by atoms with Crippen LogP contribution in [0.1, 0.15) is 48.5 Å². The van der Waals surface area contributed by atoms with E-state index >= 15 is 0 Å². The number of hydrogen-bond donors (Lipinski definition) is 1. The van der Waals surface area contributed by atoms with Crippen molar-refractivity contribution < 1.29 is 0 Å². The lowest BCUT2D eigenvalue weighted by Crippen LogP contribution is -2.54. The Morgan fingerprint density at radius 2 is 2.27 bits per heavy atom. The van der Waals surface area contributed by atoms with Gasteiger partial charge in [0.15, 0.2) is 0 Å². The van der Waals surface area contributed by atoms with E-state index in [9.17, 15) is 0 Å². The van der Waals surface area contributed by atoms with Crippen LogP contribution in [0.25, 0.3) is 0 Å². The Morgan fingerprint density at radius 3 is 2.93 bits per heavy atom. The van der Waals surface area contributed by atoms with E-state index in [-0.39, 0.29) is 0 Å². The predicted molar refractivity (Wildman–Crippen MR) is 65.6 cm³/mol. The molecule has 1 heterocycles. The molecule has 1 atom stereocenters. The molecule has 0 radical (unpaired) electrons. The normalized spacial score (nSPS) is 28.2. The van der Waals surface area contributed by atoms with Gasteiger partial charge in [-0.2, -0.15) is 0 Å². The molecule has 2 heteroatoms. The van der Waals surface area contributed by atoms with Crippen LogP contribution in [-0.4, -0.2) is 12.6 Å². The number of likely N-dealkylation sites (N-methyl/N-ethyl adjacent to an activating group) is 1. The third-order valence-corrected chi connectivity index (χ3v) is 5.46. The molecule has 2 aliphatic rings. The lowest BCUT2D eigenvalue weighted by Gasteiger charge is -2.49. The molecule has 82 valence electrons. The molecule has 0 bridgehead atoms. The monoisotopic (exact) mass is 221 g/mol. The van der Waals surface area contributed by atoms with Crippen LogP contribution >= 0.6 is 11.3 Å². The van der Waals surface area contributed by atoms with Crippen LogP contribution in [-0.2, 0) is 6.42 Å². The molecule has 1 unspecified atom stereocenters. The van der Waals surface area contributed by atoms with Gasteiger partial charge in [0.05, 0.1) is 0 Å². The third kappa shape index (κ3) is 1.38. The maximum absolute atomic E-state index is 3.62. The second kappa shape index (κ2) is 3.60.